The molecule has 4 aliphatic rings. The highest BCUT2D eigenvalue weighted by Crippen LogP contribution is 2.61. The molecule has 286 valence electrons. The molecule has 9 atom stereocenters. The number of amides is 2. The summed E-state index contributed by atoms with van der Waals surface area (Å²) in [5, 5.41) is 18.6. The Morgan fingerprint density at radius 1 is 1.11 bits per heavy atom. The number of nitrogens with two attached hydrogens (primary N) is 1. The fraction of sp³-hybridized carbons (Fsp3) is 0.524. The molecule has 3 aromatic carbocycles. The fourth-order valence-electron chi connectivity index (χ4n) is 9.10. The Hall–Kier alpha value is -4.03. The van der Waals surface area contributed by atoms with Crippen LogP contribution in [0.15, 0.2) is 60.7 Å². The number of hydrogen-bond donors (Lipinski definition) is 4. The van der Waals surface area contributed by atoms with E-state index in [2.05, 4.69) is 31.4 Å². The van der Waals surface area contributed by atoms with E-state index in [0.29, 0.717) is 40.9 Å². The lowest BCUT2D eigenvalue weighted by Crippen LogP contribution is -2.62. The molecule has 1 saturated heterocycles. The second-order valence-electron chi connectivity index (χ2n) is 16.3. The van der Waals surface area contributed by atoms with Crippen LogP contribution in [0.4, 0.5) is 10.1 Å². The zero-order valence-electron chi connectivity index (χ0n) is 32.2. The number of benzene rings is 3. The monoisotopic (exact) mass is 729 g/mol. The van der Waals surface area contributed by atoms with E-state index < -0.39 is 30.1 Å². The number of hydrogen-bond acceptors (Lipinski definition) is 8. The van der Waals surface area contributed by atoms with Gasteiger partial charge in [0.2, 0.25) is 5.91 Å². The molecule has 11 heteroatoms. The zero-order chi connectivity index (χ0) is 38.4. The molecule has 0 radical (unpaired) electrons. The summed E-state index contributed by atoms with van der Waals surface area (Å²) in [6.45, 7) is 10.2. The van der Waals surface area contributed by atoms with Crippen LogP contribution >= 0.6 is 0 Å². The van der Waals surface area contributed by atoms with Crippen LogP contribution in [-0.2, 0) is 22.6 Å². The maximum Gasteiger partial charge on any atom is 0.251 e. The van der Waals surface area contributed by atoms with Crippen LogP contribution in [0.5, 0.6) is 5.75 Å². The van der Waals surface area contributed by atoms with Crippen molar-refractivity contribution in [1.82, 2.24) is 15.7 Å². The minimum Gasteiger partial charge on any atom is -0.496 e. The Morgan fingerprint density at radius 3 is 2.45 bits per heavy atom. The first-order chi connectivity index (χ1) is 25.1. The molecule has 4 fully saturated rings. The number of anilines is 1. The Morgan fingerprint density at radius 2 is 1.83 bits per heavy atom. The van der Waals surface area contributed by atoms with E-state index >= 15 is 4.39 Å². The van der Waals surface area contributed by atoms with Gasteiger partial charge in [0.1, 0.15) is 23.8 Å². The molecule has 1 unspecified atom stereocenters. The van der Waals surface area contributed by atoms with Crippen molar-refractivity contribution in [2.75, 3.05) is 26.1 Å². The lowest BCUT2D eigenvalue weighted by molar-refractivity contribution is -0.176. The van der Waals surface area contributed by atoms with E-state index in [9.17, 15) is 14.7 Å². The summed E-state index contributed by atoms with van der Waals surface area (Å²) in [4.78, 5) is 35.7. The second-order valence-corrected chi connectivity index (χ2v) is 16.3. The molecule has 3 aliphatic carbocycles. The lowest BCUT2D eigenvalue weighted by atomic mass is 9.45. The first-order valence-electron chi connectivity index (χ1n) is 18.8. The van der Waals surface area contributed by atoms with Gasteiger partial charge in [0.05, 0.1) is 25.7 Å². The molecule has 10 nitrogen and oxygen atoms in total. The first kappa shape index (κ1) is 38.7. The smallest absolute Gasteiger partial charge is 0.251 e. The summed E-state index contributed by atoms with van der Waals surface area (Å²) >= 11 is 0. The van der Waals surface area contributed by atoms with Gasteiger partial charge in [0, 0.05) is 48.6 Å². The van der Waals surface area contributed by atoms with Gasteiger partial charge in [-0.05, 0) is 97.7 Å². The second kappa shape index (κ2) is 15.4. The number of aliphatic hydroxyl groups excluding tert-OH is 1. The molecular formula is C42H56FN5O5. The molecular weight excluding hydrogens is 673 g/mol. The van der Waals surface area contributed by atoms with E-state index in [1.807, 2.05) is 68.4 Å². The SMILES string of the molecule is COc1c(-c2cc(C(=O)N[C@H](C)Cc3ccccc3)cc(N(C)C)c2)ccc(F)c1CN1OC(N)[C@@H]([C@H](C)O)[C@H]1C(=O)N[C@H]1C[C@H]2C[C@@H]([C@@H]1C)C2(C)C. The normalized spacial score (nSPS) is 27.3. The summed E-state index contributed by atoms with van der Waals surface area (Å²) in [6.07, 6.45) is 0.790. The highest BCUT2D eigenvalue weighted by molar-refractivity contribution is 5.97. The number of carbonyl (C=O) groups excluding carboxylic acids is 2. The maximum absolute atomic E-state index is 15.9. The molecule has 3 aromatic rings. The standard InChI is InChI=1S/C42H56FN5O5/c1-23(16-26-12-10-9-11-13-26)45-40(50)28-17-27(18-30(19-28)47(6)7)31-14-15-34(43)32(38(31)52-8)22-48-37(36(25(3)49)39(44)53-48)41(51)46-35-21-29-20-33(24(35)2)42(29,4)5/h9-15,17-19,23-25,29,33,35-37,39,49H,16,20-22,44H2,1-8H3,(H,45,50)(H,46,51)/t23-,24+,25+,29-,33+,35+,36+,37+,39?/m1/s1. The quantitative estimate of drug-likeness (QED) is 0.192. The largest absolute Gasteiger partial charge is 0.496 e. The van der Waals surface area contributed by atoms with Crippen molar-refractivity contribution < 1.29 is 28.7 Å². The van der Waals surface area contributed by atoms with Crippen molar-refractivity contribution in [3.05, 3.63) is 83.2 Å². The van der Waals surface area contributed by atoms with Gasteiger partial charge >= 0.3 is 0 Å². The van der Waals surface area contributed by atoms with Crippen LogP contribution in [0.2, 0.25) is 0 Å². The van der Waals surface area contributed by atoms with E-state index in [0.717, 1.165) is 17.7 Å². The summed E-state index contributed by atoms with van der Waals surface area (Å²) in [5.74, 6) is -0.244. The summed E-state index contributed by atoms with van der Waals surface area (Å²) in [6, 6.07) is 17.4. The number of carbonyl (C=O) groups is 2. The van der Waals surface area contributed by atoms with E-state index in [4.69, 9.17) is 15.3 Å². The van der Waals surface area contributed by atoms with Crippen molar-refractivity contribution in [3.8, 4) is 16.9 Å². The highest BCUT2D eigenvalue weighted by Gasteiger charge is 2.57. The topological polar surface area (TPSA) is 129 Å². The van der Waals surface area contributed by atoms with Crippen LogP contribution in [0.1, 0.15) is 68.9 Å². The maximum atomic E-state index is 15.9. The van der Waals surface area contributed by atoms with Crippen LogP contribution in [0.25, 0.3) is 11.1 Å². The zero-order valence-corrected chi connectivity index (χ0v) is 32.2. The average molecular weight is 730 g/mol. The van der Waals surface area contributed by atoms with Crippen molar-refractivity contribution in [3.63, 3.8) is 0 Å². The number of rotatable bonds is 12. The Bertz CT molecular complexity index is 1800. The van der Waals surface area contributed by atoms with Gasteiger partial charge in [0.15, 0.2) is 0 Å². The molecule has 2 amide bonds. The number of fused-ring (bicyclic) bond motifs is 2. The molecule has 0 aromatic heterocycles. The van der Waals surface area contributed by atoms with Gasteiger partial charge in [-0.25, -0.2) is 4.39 Å². The molecule has 0 spiro atoms. The molecule has 7 rings (SSSR count). The van der Waals surface area contributed by atoms with Gasteiger partial charge < -0.3 is 31.1 Å². The number of halogens is 1. The lowest BCUT2D eigenvalue weighted by Gasteiger charge is -2.62. The van der Waals surface area contributed by atoms with Crippen molar-refractivity contribution in [1.29, 1.82) is 0 Å². The van der Waals surface area contributed by atoms with Crippen LogP contribution in [0.3, 0.4) is 0 Å². The number of nitrogens with one attached hydrogen (secondary N) is 2. The van der Waals surface area contributed by atoms with Crippen molar-refractivity contribution >= 4 is 17.5 Å². The fourth-order valence-corrected chi connectivity index (χ4v) is 9.10. The average Bonchev–Trinajstić information content (AvgIpc) is 3.45. The Kier molecular flexibility index (Phi) is 11.2. The Balaban J connectivity index is 1.28. The van der Waals surface area contributed by atoms with E-state index in [1.54, 1.807) is 19.1 Å². The highest BCUT2D eigenvalue weighted by atomic mass is 19.1. The molecule has 1 aliphatic heterocycles. The minimum absolute atomic E-state index is 0.0149. The van der Waals surface area contributed by atoms with Crippen molar-refractivity contribution in [2.24, 2.45) is 34.8 Å². The predicted molar refractivity (Wildman–Crippen MR) is 204 cm³/mol. The number of hydroxylamine groups is 2. The number of methoxy groups -OCH3 is 1. The van der Waals surface area contributed by atoms with E-state index in [1.165, 1.54) is 24.7 Å². The number of ether oxygens (including phenoxy) is 1. The van der Waals surface area contributed by atoms with Gasteiger partial charge in [-0.15, -0.1) is 0 Å². The van der Waals surface area contributed by atoms with Crippen LogP contribution in [0, 0.1) is 34.9 Å². The van der Waals surface area contributed by atoms with Gasteiger partial charge in [-0.3, -0.25) is 14.4 Å². The Labute approximate surface area is 313 Å². The third-order valence-electron chi connectivity index (χ3n) is 12.3. The van der Waals surface area contributed by atoms with E-state index in [-0.39, 0.29) is 47.2 Å². The summed E-state index contributed by atoms with van der Waals surface area (Å²) in [5.41, 5.74) is 10.4. The summed E-state index contributed by atoms with van der Waals surface area (Å²) < 4.78 is 21.8. The van der Waals surface area contributed by atoms with Gasteiger partial charge in [-0.2, -0.15) is 5.06 Å². The molecule has 3 saturated carbocycles. The van der Waals surface area contributed by atoms with Crippen LogP contribution < -0.4 is 26.0 Å². The number of aliphatic hydroxyl groups is 1. The minimum atomic E-state index is -0.985. The molecule has 2 bridgehead atoms. The first-order valence-corrected chi connectivity index (χ1v) is 18.8. The third-order valence-corrected chi connectivity index (χ3v) is 12.3. The predicted octanol–water partition coefficient (Wildman–Crippen LogP) is 5.51. The third kappa shape index (κ3) is 7.67. The molecule has 1 heterocycles. The molecule has 5 N–H and O–H groups in total. The number of nitrogens with zero attached hydrogens (tertiary/aromatic N) is 2. The van der Waals surface area contributed by atoms with Crippen LogP contribution in [-0.4, -0.2) is 73.6 Å². The van der Waals surface area contributed by atoms with Gasteiger partial charge in [0.25, 0.3) is 5.91 Å². The molecule has 53 heavy (non-hydrogen) atoms. The summed E-state index contributed by atoms with van der Waals surface area (Å²) in [7, 11) is 5.25. The van der Waals surface area contributed by atoms with Crippen molar-refractivity contribution in [2.45, 2.75) is 90.9 Å². The van der Waals surface area contributed by atoms with Gasteiger partial charge in [-0.1, -0.05) is 51.1 Å².